The molecule has 0 aliphatic heterocycles. The highest BCUT2D eigenvalue weighted by molar-refractivity contribution is 6.28. The molecule has 0 saturated carbocycles. The zero-order valence-corrected chi connectivity index (χ0v) is 10.1. The van der Waals surface area contributed by atoms with E-state index in [1.54, 1.807) is 48.5 Å². The minimum absolute atomic E-state index is 0.0641. The van der Waals surface area contributed by atoms with Gasteiger partial charge in [0.15, 0.2) is 11.6 Å². The quantitative estimate of drug-likeness (QED) is 0.631. The molecule has 2 aromatic carbocycles. The van der Waals surface area contributed by atoms with Crippen LogP contribution < -0.4 is 5.25 Å². The molecule has 0 heterocycles. The second kappa shape index (κ2) is 5.12. The molecule has 0 saturated heterocycles. The van der Waals surface area contributed by atoms with E-state index in [9.17, 15) is 9.59 Å². The molecule has 4 heteroatoms. The Labute approximate surface area is 109 Å². The Morgan fingerprint density at radius 1 is 0.611 bits per heavy atom. The normalized spacial score (nSPS) is 12.1. The molecular weight excluding hydrogens is 250 g/mol. The Morgan fingerprint density at radius 2 is 0.833 bits per heavy atom. The van der Waals surface area contributed by atoms with Crippen LogP contribution in [0.3, 0.4) is 0 Å². The molecule has 1 aliphatic carbocycles. The fourth-order valence-corrected chi connectivity index (χ4v) is 2.05. The van der Waals surface area contributed by atoms with Crippen LogP contribution in [0.5, 0.6) is 0 Å². The molecule has 0 atom stereocenters. The summed E-state index contributed by atoms with van der Waals surface area (Å²) in [4.78, 5) is 24.2. The van der Waals surface area contributed by atoms with Crippen molar-refractivity contribution in [2.75, 3.05) is 0 Å². The van der Waals surface area contributed by atoms with Crippen LogP contribution in [0.2, 0.25) is 0 Å². The lowest BCUT2D eigenvalue weighted by Crippen LogP contribution is -2.20. The van der Waals surface area contributed by atoms with E-state index in [0.717, 1.165) is 0 Å². The molecule has 3 rings (SSSR count). The third-order valence-electron chi connectivity index (χ3n) is 2.83. The van der Waals surface area contributed by atoms with Gasteiger partial charge in [-0.25, -0.2) is 5.25 Å². The second-order valence-corrected chi connectivity index (χ2v) is 3.75. The van der Waals surface area contributed by atoms with Crippen LogP contribution in [0.1, 0.15) is 31.8 Å². The second-order valence-electron chi connectivity index (χ2n) is 3.75. The average molecular weight is 260 g/mol. The molecule has 0 amide bonds. The predicted molar refractivity (Wildman–Crippen MR) is 69.8 cm³/mol. The van der Waals surface area contributed by atoms with Crippen molar-refractivity contribution in [3.05, 3.63) is 70.8 Å². The Bertz CT molecular complexity index is 517. The van der Waals surface area contributed by atoms with Gasteiger partial charge in [0.1, 0.15) is 0 Å². The van der Waals surface area contributed by atoms with Crippen molar-refractivity contribution in [1.82, 2.24) is 0 Å². The number of ketones is 2. The smallest absolute Gasteiger partial charge is 0.194 e. The lowest BCUT2D eigenvalue weighted by Gasteiger charge is -2.16. The number of fused-ring (bicyclic) bond motifs is 2. The van der Waals surface area contributed by atoms with Gasteiger partial charge in [0.25, 0.3) is 0 Å². The molecule has 3 nitrogen and oxygen atoms in total. The number of carbonyl (C=O) groups excluding carboxylic acids is 2. The van der Waals surface area contributed by atoms with Crippen LogP contribution in [0, 0.1) is 0 Å². The van der Waals surface area contributed by atoms with Crippen molar-refractivity contribution >= 4 is 23.3 Å². The largest absolute Gasteiger partial charge is 0.289 e. The molecule has 0 bridgehead atoms. The van der Waals surface area contributed by atoms with Crippen molar-refractivity contribution in [3.63, 3.8) is 0 Å². The number of nitrogens with two attached hydrogens (primary N) is 1. The summed E-state index contributed by atoms with van der Waals surface area (Å²) in [6.07, 6.45) is 0. The number of hydrogen-bond donors (Lipinski definition) is 1. The zero-order chi connectivity index (χ0) is 13.1. The summed E-state index contributed by atoms with van der Waals surface area (Å²) in [5.41, 5.74) is 2.02. The molecule has 18 heavy (non-hydrogen) atoms. The van der Waals surface area contributed by atoms with Crippen LogP contribution in [0.4, 0.5) is 0 Å². The molecule has 1 aliphatic rings. The molecule has 0 radical (unpaired) electrons. The van der Waals surface area contributed by atoms with E-state index in [1.807, 2.05) is 0 Å². The van der Waals surface area contributed by atoms with Gasteiger partial charge >= 0.3 is 0 Å². The maximum absolute atomic E-state index is 12.1. The van der Waals surface area contributed by atoms with Crippen molar-refractivity contribution in [2.24, 2.45) is 5.25 Å². The first kappa shape index (κ1) is 12.5. The molecule has 2 N–H and O–H groups in total. The van der Waals surface area contributed by atoms with Gasteiger partial charge in [-0.1, -0.05) is 48.5 Å². The first-order valence-corrected chi connectivity index (χ1v) is 5.72. The molecule has 0 unspecified atom stereocenters. The maximum Gasteiger partial charge on any atom is 0.194 e. The summed E-state index contributed by atoms with van der Waals surface area (Å²) in [6.45, 7) is 0. The monoisotopic (exact) mass is 259 g/mol. The lowest BCUT2D eigenvalue weighted by atomic mass is 9.84. The number of benzene rings is 2. The Morgan fingerprint density at radius 3 is 1.06 bits per heavy atom. The van der Waals surface area contributed by atoms with Crippen LogP contribution in [0.15, 0.2) is 48.5 Å². The van der Waals surface area contributed by atoms with Crippen molar-refractivity contribution in [2.45, 2.75) is 0 Å². The van der Waals surface area contributed by atoms with Gasteiger partial charge in [0, 0.05) is 22.3 Å². The molecular formula is C14H10ClNO2. The standard InChI is InChI=1S/C14H8O2.ClH2N/c15-13-9-5-1-2-6-10(9)14(16)12-8-4-3-7-11(12)13;1-2/h1-8H;2H2. The molecule has 0 fully saturated rings. The molecule has 90 valence electrons. The van der Waals surface area contributed by atoms with Crippen molar-refractivity contribution in [1.29, 1.82) is 0 Å². The summed E-state index contributed by atoms with van der Waals surface area (Å²) < 4.78 is 0. The SMILES string of the molecule is NCl.O=C1c2ccccc2C(=O)c2ccccc21. The van der Waals surface area contributed by atoms with Gasteiger partial charge in [0.2, 0.25) is 0 Å². The third-order valence-corrected chi connectivity index (χ3v) is 2.83. The van der Waals surface area contributed by atoms with E-state index < -0.39 is 0 Å². The van der Waals surface area contributed by atoms with Gasteiger partial charge in [0.05, 0.1) is 0 Å². The van der Waals surface area contributed by atoms with Crippen molar-refractivity contribution in [3.8, 4) is 0 Å². The Hall–Kier alpha value is -1.97. The van der Waals surface area contributed by atoms with Gasteiger partial charge in [-0.3, -0.25) is 9.59 Å². The topological polar surface area (TPSA) is 60.2 Å². The molecule has 0 aromatic heterocycles. The van der Waals surface area contributed by atoms with E-state index in [1.165, 1.54) is 0 Å². The highest BCUT2D eigenvalue weighted by atomic mass is 35.5. The predicted octanol–water partition coefficient (Wildman–Crippen LogP) is 2.56. The fraction of sp³-hybridized carbons (Fsp3) is 0. The Kier molecular flexibility index (Phi) is 3.55. The van der Waals surface area contributed by atoms with Gasteiger partial charge in [-0.05, 0) is 11.8 Å². The maximum atomic E-state index is 12.1. The van der Waals surface area contributed by atoms with Crippen LogP contribution in [-0.2, 0) is 0 Å². The minimum Gasteiger partial charge on any atom is -0.289 e. The number of carbonyl (C=O) groups is 2. The van der Waals surface area contributed by atoms with Gasteiger partial charge < -0.3 is 0 Å². The summed E-state index contributed by atoms with van der Waals surface area (Å²) in [6, 6.07) is 13.9. The third kappa shape index (κ3) is 1.83. The van der Waals surface area contributed by atoms with E-state index in [2.05, 4.69) is 17.0 Å². The summed E-state index contributed by atoms with van der Waals surface area (Å²) >= 11 is 4.14. The minimum atomic E-state index is -0.0641. The fourth-order valence-electron chi connectivity index (χ4n) is 2.05. The average Bonchev–Trinajstić information content (AvgIpc) is 2.47. The van der Waals surface area contributed by atoms with E-state index in [0.29, 0.717) is 22.3 Å². The van der Waals surface area contributed by atoms with Gasteiger partial charge in [-0.15, -0.1) is 0 Å². The van der Waals surface area contributed by atoms with Crippen LogP contribution >= 0.6 is 11.8 Å². The first-order valence-electron chi connectivity index (χ1n) is 5.28. The van der Waals surface area contributed by atoms with Crippen molar-refractivity contribution < 1.29 is 9.59 Å². The number of hydrogen-bond acceptors (Lipinski definition) is 3. The highest BCUT2D eigenvalue weighted by Gasteiger charge is 2.28. The van der Waals surface area contributed by atoms with E-state index >= 15 is 0 Å². The van der Waals surface area contributed by atoms with E-state index in [-0.39, 0.29) is 11.6 Å². The first-order chi connectivity index (χ1) is 8.79. The molecule has 2 aromatic rings. The lowest BCUT2D eigenvalue weighted by molar-refractivity contribution is 0.0979. The van der Waals surface area contributed by atoms with Gasteiger partial charge in [-0.2, -0.15) is 0 Å². The Balaban J connectivity index is 0.000000574. The number of halogens is 1. The summed E-state index contributed by atoms with van der Waals surface area (Å²) in [5.74, 6) is -0.128. The number of rotatable bonds is 0. The van der Waals surface area contributed by atoms with E-state index in [4.69, 9.17) is 0 Å². The summed E-state index contributed by atoms with van der Waals surface area (Å²) in [5, 5.41) is 3.97. The van der Waals surface area contributed by atoms with Crippen LogP contribution in [0.25, 0.3) is 0 Å². The molecule has 0 spiro atoms. The zero-order valence-electron chi connectivity index (χ0n) is 9.39. The summed E-state index contributed by atoms with van der Waals surface area (Å²) in [7, 11) is 0. The van der Waals surface area contributed by atoms with Crippen LogP contribution in [-0.4, -0.2) is 11.6 Å². The highest BCUT2D eigenvalue weighted by Crippen LogP contribution is 2.26.